The predicted molar refractivity (Wildman–Crippen MR) is 80.2 cm³/mol. The van der Waals surface area contributed by atoms with Crippen molar-refractivity contribution in [3.63, 3.8) is 0 Å². The van der Waals surface area contributed by atoms with Crippen molar-refractivity contribution in [2.45, 2.75) is 24.3 Å². The average Bonchev–Trinajstić information content (AvgIpc) is 2.35. The fraction of sp³-hybridized carbons (Fsp3) is 0.385. The van der Waals surface area contributed by atoms with Gasteiger partial charge in [-0.25, -0.2) is 13.2 Å². The molecular formula is C13H16ClNO6S. The summed E-state index contributed by atoms with van der Waals surface area (Å²) in [5.74, 6) is -2.27. The van der Waals surface area contributed by atoms with Gasteiger partial charge < -0.3 is 15.5 Å². The zero-order chi connectivity index (χ0) is 17.3. The van der Waals surface area contributed by atoms with E-state index in [-0.39, 0.29) is 10.5 Å². The molecule has 3 N–H and O–H groups in total. The molecule has 0 aliphatic rings. The number of halogens is 1. The second kappa shape index (κ2) is 6.23. The van der Waals surface area contributed by atoms with Gasteiger partial charge in [-0.05, 0) is 26.0 Å². The normalized spacial score (nSPS) is 12.0. The molecule has 1 amide bonds. The molecule has 0 aromatic heterocycles. The van der Waals surface area contributed by atoms with E-state index in [1.165, 1.54) is 13.8 Å². The minimum Gasteiger partial charge on any atom is -0.478 e. The highest BCUT2D eigenvalue weighted by atomic mass is 35.5. The van der Waals surface area contributed by atoms with Gasteiger partial charge in [0.25, 0.3) is 5.91 Å². The van der Waals surface area contributed by atoms with E-state index in [4.69, 9.17) is 16.7 Å². The summed E-state index contributed by atoms with van der Waals surface area (Å²) in [6.45, 7) is 2.63. The second-order valence-electron chi connectivity index (χ2n) is 5.37. The summed E-state index contributed by atoms with van der Waals surface area (Å²) in [6, 6.07) is 2.04. The number of carbonyl (C=O) groups is 2. The quantitative estimate of drug-likeness (QED) is 0.727. The van der Waals surface area contributed by atoms with Crippen LogP contribution in [0.4, 0.5) is 0 Å². The third kappa shape index (κ3) is 3.96. The molecule has 0 saturated heterocycles. The molecule has 0 atom stereocenters. The van der Waals surface area contributed by atoms with Crippen LogP contribution in [0.25, 0.3) is 0 Å². The van der Waals surface area contributed by atoms with Crippen molar-refractivity contribution < 1.29 is 28.2 Å². The molecule has 1 aromatic carbocycles. The van der Waals surface area contributed by atoms with E-state index >= 15 is 0 Å². The van der Waals surface area contributed by atoms with Gasteiger partial charge in [-0.15, -0.1) is 0 Å². The molecule has 7 nitrogen and oxygen atoms in total. The topological polar surface area (TPSA) is 121 Å². The fourth-order valence-corrected chi connectivity index (χ4v) is 2.92. The van der Waals surface area contributed by atoms with Crippen LogP contribution in [-0.2, 0) is 9.84 Å². The lowest BCUT2D eigenvalue weighted by atomic mass is 10.0. The van der Waals surface area contributed by atoms with Crippen molar-refractivity contribution in [2.75, 3.05) is 12.9 Å². The minimum absolute atomic E-state index is 0.381. The highest BCUT2D eigenvalue weighted by Gasteiger charge is 2.29. The molecule has 0 spiro atoms. The van der Waals surface area contributed by atoms with E-state index in [9.17, 15) is 23.1 Å². The standard InChI is InChI=1S/C13H16ClNO6S/c1-13(2,6-16)15-11(17)9-8(22(3,20)21)5-4-7(10(9)14)12(18)19/h4-5,16H,6H2,1-3H3,(H,15,17)(H,18,19). The highest BCUT2D eigenvalue weighted by molar-refractivity contribution is 7.90. The Kier molecular flexibility index (Phi) is 5.21. The largest absolute Gasteiger partial charge is 0.478 e. The minimum atomic E-state index is -3.81. The van der Waals surface area contributed by atoms with Crippen LogP contribution >= 0.6 is 11.6 Å². The summed E-state index contributed by atoms with van der Waals surface area (Å²) in [6.07, 6.45) is 0.882. The Bertz CT molecular complexity index is 726. The van der Waals surface area contributed by atoms with Gasteiger partial charge >= 0.3 is 5.97 Å². The molecule has 0 radical (unpaired) electrons. The summed E-state index contributed by atoms with van der Waals surface area (Å²) < 4.78 is 23.6. The highest BCUT2D eigenvalue weighted by Crippen LogP contribution is 2.28. The van der Waals surface area contributed by atoms with Crippen LogP contribution in [0, 0.1) is 0 Å². The van der Waals surface area contributed by atoms with Crippen LogP contribution in [-0.4, -0.2) is 48.9 Å². The number of carbonyl (C=O) groups excluding carboxylic acids is 1. The summed E-state index contributed by atoms with van der Waals surface area (Å²) in [4.78, 5) is 23.0. The number of hydrogen-bond acceptors (Lipinski definition) is 5. The number of benzene rings is 1. The van der Waals surface area contributed by atoms with Gasteiger partial charge in [0.1, 0.15) is 0 Å². The molecule has 122 valence electrons. The first-order chi connectivity index (χ1) is 9.90. The van der Waals surface area contributed by atoms with Crippen LogP contribution in [0.1, 0.15) is 34.6 Å². The Morgan fingerprint density at radius 3 is 2.27 bits per heavy atom. The number of rotatable bonds is 5. The third-order valence-corrected chi connectivity index (χ3v) is 4.34. The first kappa shape index (κ1) is 18.4. The molecule has 0 aliphatic carbocycles. The molecule has 0 bridgehead atoms. The molecule has 0 saturated carbocycles. The maximum atomic E-state index is 12.3. The monoisotopic (exact) mass is 349 g/mol. The number of sulfone groups is 1. The van der Waals surface area contributed by atoms with Crippen LogP contribution in [0.5, 0.6) is 0 Å². The van der Waals surface area contributed by atoms with Gasteiger partial charge in [0, 0.05) is 6.26 Å². The van der Waals surface area contributed by atoms with E-state index in [0.29, 0.717) is 0 Å². The number of nitrogens with one attached hydrogen (secondary N) is 1. The second-order valence-corrected chi connectivity index (χ2v) is 7.74. The number of hydrogen-bond donors (Lipinski definition) is 3. The Morgan fingerprint density at radius 1 is 1.32 bits per heavy atom. The third-order valence-electron chi connectivity index (χ3n) is 2.81. The number of aliphatic hydroxyl groups is 1. The Labute approximate surface area is 132 Å². The number of carboxylic acids is 1. The Hall–Kier alpha value is -1.64. The number of carboxylic acid groups (broad SMARTS) is 1. The molecule has 22 heavy (non-hydrogen) atoms. The fourth-order valence-electron chi connectivity index (χ4n) is 1.65. The number of aliphatic hydroxyl groups excluding tert-OH is 1. The smallest absolute Gasteiger partial charge is 0.337 e. The predicted octanol–water partition coefficient (Wildman–Crippen LogP) is 0.942. The first-order valence-electron chi connectivity index (χ1n) is 6.10. The molecule has 0 unspecified atom stereocenters. The Balaban J connectivity index is 3.58. The van der Waals surface area contributed by atoms with E-state index in [1.54, 1.807) is 0 Å². The maximum Gasteiger partial charge on any atom is 0.337 e. The lowest BCUT2D eigenvalue weighted by Crippen LogP contribution is -2.46. The molecule has 9 heteroatoms. The van der Waals surface area contributed by atoms with Gasteiger partial charge in [0.05, 0.1) is 33.2 Å². The zero-order valence-electron chi connectivity index (χ0n) is 12.2. The zero-order valence-corrected chi connectivity index (χ0v) is 13.7. The molecule has 1 aromatic rings. The molecule has 0 fully saturated rings. The van der Waals surface area contributed by atoms with Crippen molar-refractivity contribution >= 4 is 33.3 Å². The van der Waals surface area contributed by atoms with Crippen molar-refractivity contribution in [3.05, 3.63) is 28.3 Å². The summed E-state index contributed by atoms with van der Waals surface area (Å²) in [5, 5.41) is 20.2. The van der Waals surface area contributed by atoms with E-state index in [0.717, 1.165) is 18.4 Å². The van der Waals surface area contributed by atoms with E-state index < -0.39 is 44.4 Å². The van der Waals surface area contributed by atoms with Crippen LogP contribution in [0.3, 0.4) is 0 Å². The van der Waals surface area contributed by atoms with Gasteiger partial charge in [-0.1, -0.05) is 11.6 Å². The maximum absolute atomic E-state index is 12.3. The number of aromatic carboxylic acids is 1. The van der Waals surface area contributed by atoms with Crippen LogP contribution in [0.15, 0.2) is 17.0 Å². The molecule has 0 heterocycles. The summed E-state index contributed by atoms with van der Waals surface area (Å²) in [5.41, 5.74) is -1.87. The molecular weight excluding hydrogens is 334 g/mol. The van der Waals surface area contributed by atoms with Crippen LogP contribution in [0.2, 0.25) is 5.02 Å². The summed E-state index contributed by atoms with van der Waals surface area (Å²) >= 11 is 5.91. The SMILES string of the molecule is CC(C)(CO)NC(=O)c1c(S(C)(=O)=O)ccc(C(=O)O)c1Cl. The first-order valence-corrected chi connectivity index (χ1v) is 8.37. The molecule has 0 aliphatic heterocycles. The van der Waals surface area contributed by atoms with Crippen LogP contribution < -0.4 is 5.32 Å². The molecule has 1 rings (SSSR count). The van der Waals surface area contributed by atoms with Gasteiger partial charge in [0.15, 0.2) is 9.84 Å². The van der Waals surface area contributed by atoms with Crippen molar-refractivity contribution in [2.24, 2.45) is 0 Å². The van der Waals surface area contributed by atoms with Gasteiger partial charge in [0.2, 0.25) is 0 Å². The average molecular weight is 350 g/mol. The van der Waals surface area contributed by atoms with E-state index in [2.05, 4.69) is 5.32 Å². The lowest BCUT2D eigenvalue weighted by molar-refractivity contribution is 0.0697. The number of amides is 1. The summed E-state index contributed by atoms with van der Waals surface area (Å²) in [7, 11) is -3.81. The van der Waals surface area contributed by atoms with Crippen molar-refractivity contribution in [1.82, 2.24) is 5.32 Å². The van der Waals surface area contributed by atoms with Gasteiger partial charge in [-0.3, -0.25) is 4.79 Å². The lowest BCUT2D eigenvalue weighted by Gasteiger charge is -2.24. The Morgan fingerprint density at radius 2 is 1.86 bits per heavy atom. The van der Waals surface area contributed by atoms with Crippen molar-refractivity contribution in [3.8, 4) is 0 Å². The van der Waals surface area contributed by atoms with Gasteiger partial charge in [-0.2, -0.15) is 0 Å². The van der Waals surface area contributed by atoms with Crippen molar-refractivity contribution in [1.29, 1.82) is 0 Å². The van der Waals surface area contributed by atoms with E-state index in [1.807, 2.05) is 0 Å².